The molecule has 9 nitrogen and oxygen atoms in total. The minimum absolute atomic E-state index is 0.0857. The van der Waals surface area contributed by atoms with Gasteiger partial charge in [-0.1, -0.05) is 17.7 Å². The molecule has 3 rings (SSSR count). The number of hydrogen-bond donors (Lipinski definition) is 2. The first-order valence-electron chi connectivity index (χ1n) is 9.77. The van der Waals surface area contributed by atoms with E-state index in [-0.39, 0.29) is 22.9 Å². The van der Waals surface area contributed by atoms with Crippen molar-refractivity contribution < 1.29 is 22.7 Å². The fourth-order valence-electron chi connectivity index (χ4n) is 3.34. The SMILES string of the molecule is COc1ccc(C(N)=O)cc1NC(=O)CN1CCN(S(=O)(=O)c2ccc(C)cc2)CC1. The van der Waals surface area contributed by atoms with Crippen LogP contribution in [0.3, 0.4) is 0 Å². The van der Waals surface area contributed by atoms with Gasteiger partial charge in [0.05, 0.1) is 24.2 Å². The molecule has 0 bridgehead atoms. The van der Waals surface area contributed by atoms with Crippen LogP contribution in [-0.2, 0) is 14.8 Å². The van der Waals surface area contributed by atoms with Gasteiger partial charge in [-0.05, 0) is 37.3 Å². The number of primary amides is 1. The fraction of sp³-hybridized carbons (Fsp3) is 0.333. The summed E-state index contributed by atoms with van der Waals surface area (Å²) in [4.78, 5) is 26.0. The minimum atomic E-state index is -3.56. The highest BCUT2D eigenvalue weighted by Crippen LogP contribution is 2.25. The summed E-state index contributed by atoms with van der Waals surface area (Å²) in [5, 5.41) is 2.73. The molecule has 0 aromatic heterocycles. The lowest BCUT2D eigenvalue weighted by atomic mass is 10.1. The highest BCUT2D eigenvalue weighted by Gasteiger charge is 2.29. The topological polar surface area (TPSA) is 122 Å². The standard InChI is InChI=1S/C21H26N4O5S/c1-15-3-6-17(7-4-15)31(28,29)25-11-9-24(10-12-25)14-20(26)23-18-13-16(21(22)27)5-8-19(18)30-2/h3-8,13H,9-12,14H2,1-2H3,(H2,22,27)(H,23,26). The third kappa shape index (κ3) is 5.40. The number of anilines is 1. The van der Waals surface area contributed by atoms with Gasteiger partial charge in [-0.2, -0.15) is 4.31 Å². The van der Waals surface area contributed by atoms with E-state index in [9.17, 15) is 18.0 Å². The van der Waals surface area contributed by atoms with E-state index in [1.807, 2.05) is 11.8 Å². The Morgan fingerprint density at radius 1 is 1.06 bits per heavy atom. The fourth-order valence-corrected chi connectivity index (χ4v) is 4.76. The van der Waals surface area contributed by atoms with Gasteiger partial charge in [0.25, 0.3) is 0 Å². The second kappa shape index (κ2) is 9.46. The first-order valence-corrected chi connectivity index (χ1v) is 11.2. The van der Waals surface area contributed by atoms with Gasteiger partial charge in [-0.25, -0.2) is 8.42 Å². The Morgan fingerprint density at radius 2 is 1.71 bits per heavy atom. The van der Waals surface area contributed by atoms with Gasteiger partial charge in [-0.3, -0.25) is 14.5 Å². The number of nitrogens with zero attached hydrogens (tertiary/aromatic N) is 2. The van der Waals surface area contributed by atoms with Crippen LogP contribution < -0.4 is 15.8 Å². The number of rotatable bonds is 7. The van der Waals surface area contributed by atoms with Crippen LogP contribution in [-0.4, -0.2) is 69.3 Å². The Labute approximate surface area is 181 Å². The van der Waals surface area contributed by atoms with Crippen molar-refractivity contribution in [2.24, 2.45) is 5.73 Å². The molecular formula is C21H26N4O5S. The average Bonchev–Trinajstić information content (AvgIpc) is 2.74. The van der Waals surface area contributed by atoms with Crippen molar-refractivity contribution in [3.63, 3.8) is 0 Å². The lowest BCUT2D eigenvalue weighted by molar-refractivity contribution is -0.117. The molecule has 0 radical (unpaired) electrons. The van der Waals surface area contributed by atoms with E-state index in [1.165, 1.54) is 23.5 Å². The van der Waals surface area contributed by atoms with Crippen molar-refractivity contribution in [2.75, 3.05) is 45.2 Å². The summed E-state index contributed by atoms with van der Waals surface area (Å²) in [5.41, 5.74) is 6.90. The Bertz CT molecular complexity index is 1060. The molecule has 2 amide bonds. The zero-order valence-corrected chi connectivity index (χ0v) is 18.3. The molecule has 0 aliphatic carbocycles. The van der Waals surface area contributed by atoms with Crippen LogP contribution in [0.25, 0.3) is 0 Å². The van der Waals surface area contributed by atoms with Crippen LogP contribution in [0.2, 0.25) is 0 Å². The third-order valence-corrected chi connectivity index (χ3v) is 7.03. The summed E-state index contributed by atoms with van der Waals surface area (Å²) in [6.45, 7) is 3.43. The number of carbonyl (C=O) groups is 2. The maximum absolute atomic E-state index is 12.8. The Hall–Kier alpha value is -2.95. The molecule has 3 N–H and O–H groups in total. The van der Waals surface area contributed by atoms with Crippen LogP contribution in [0.5, 0.6) is 5.75 Å². The second-order valence-electron chi connectivity index (χ2n) is 7.32. The van der Waals surface area contributed by atoms with Crippen molar-refractivity contribution in [3.8, 4) is 5.75 Å². The zero-order valence-electron chi connectivity index (χ0n) is 17.5. The highest BCUT2D eigenvalue weighted by atomic mass is 32.2. The monoisotopic (exact) mass is 446 g/mol. The molecule has 0 saturated carbocycles. The predicted molar refractivity (Wildman–Crippen MR) is 117 cm³/mol. The van der Waals surface area contributed by atoms with Gasteiger partial charge in [-0.15, -0.1) is 0 Å². The number of nitrogens with one attached hydrogen (secondary N) is 1. The molecule has 1 aliphatic heterocycles. The molecule has 1 aliphatic rings. The molecule has 0 atom stereocenters. The molecule has 0 spiro atoms. The van der Waals surface area contributed by atoms with Crippen LogP contribution in [0.1, 0.15) is 15.9 Å². The number of aryl methyl sites for hydroxylation is 1. The van der Waals surface area contributed by atoms with Crippen LogP contribution in [0, 0.1) is 6.92 Å². The number of benzene rings is 2. The normalized spacial score (nSPS) is 15.4. The molecule has 31 heavy (non-hydrogen) atoms. The minimum Gasteiger partial charge on any atom is -0.495 e. The van der Waals surface area contributed by atoms with E-state index in [2.05, 4.69) is 5.32 Å². The summed E-state index contributed by atoms with van der Waals surface area (Å²) < 4.78 is 32.3. The molecule has 1 fully saturated rings. The number of methoxy groups -OCH3 is 1. The van der Waals surface area contributed by atoms with Gasteiger partial charge in [0.2, 0.25) is 21.8 Å². The van der Waals surface area contributed by atoms with Crippen molar-refractivity contribution in [3.05, 3.63) is 53.6 Å². The van der Waals surface area contributed by atoms with Crippen molar-refractivity contribution in [1.29, 1.82) is 0 Å². The van der Waals surface area contributed by atoms with E-state index in [4.69, 9.17) is 10.5 Å². The number of hydrogen-bond acceptors (Lipinski definition) is 6. The van der Waals surface area contributed by atoms with Crippen LogP contribution in [0.4, 0.5) is 5.69 Å². The molecular weight excluding hydrogens is 420 g/mol. The largest absolute Gasteiger partial charge is 0.495 e. The summed E-state index contributed by atoms with van der Waals surface area (Å²) in [6, 6.07) is 11.3. The second-order valence-corrected chi connectivity index (χ2v) is 9.26. The smallest absolute Gasteiger partial charge is 0.248 e. The van der Waals surface area contributed by atoms with Gasteiger partial charge in [0, 0.05) is 31.7 Å². The molecule has 2 aromatic carbocycles. The van der Waals surface area contributed by atoms with Crippen molar-refractivity contribution >= 4 is 27.5 Å². The molecule has 1 heterocycles. The molecule has 0 unspecified atom stereocenters. The Kier molecular flexibility index (Phi) is 6.94. The van der Waals surface area contributed by atoms with Gasteiger partial charge >= 0.3 is 0 Å². The molecule has 2 aromatic rings. The summed E-state index contributed by atoms with van der Waals surface area (Å²) >= 11 is 0. The maximum Gasteiger partial charge on any atom is 0.248 e. The number of amides is 2. The molecule has 1 saturated heterocycles. The van der Waals surface area contributed by atoms with E-state index >= 15 is 0 Å². The highest BCUT2D eigenvalue weighted by molar-refractivity contribution is 7.89. The number of carbonyl (C=O) groups excluding carboxylic acids is 2. The summed E-state index contributed by atoms with van der Waals surface area (Å²) in [5.74, 6) is -0.494. The van der Waals surface area contributed by atoms with Crippen LogP contribution >= 0.6 is 0 Å². The van der Waals surface area contributed by atoms with Crippen LogP contribution in [0.15, 0.2) is 47.4 Å². The van der Waals surface area contributed by atoms with Gasteiger partial charge in [0.15, 0.2) is 0 Å². The number of ether oxygens (including phenoxy) is 1. The van der Waals surface area contributed by atoms with E-state index in [0.29, 0.717) is 37.6 Å². The summed E-state index contributed by atoms with van der Waals surface area (Å²) in [6.07, 6.45) is 0. The predicted octanol–water partition coefficient (Wildman–Crippen LogP) is 1.05. The first kappa shape index (κ1) is 22.7. The van der Waals surface area contributed by atoms with Gasteiger partial charge in [0.1, 0.15) is 5.75 Å². The lowest BCUT2D eigenvalue weighted by Gasteiger charge is -2.33. The lowest BCUT2D eigenvalue weighted by Crippen LogP contribution is -2.50. The Morgan fingerprint density at radius 3 is 2.29 bits per heavy atom. The zero-order chi connectivity index (χ0) is 22.6. The summed E-state index contributed by atoms with van der Waals surface area (Å²) in [7, 11) is -2.09. The molecule has 10 heteroatoms. The third-order valence-electron chi connectivity index (χ3n) is 5.12. The Balaban J connectivity index is 1.59. The van der Waals surface area contributed by atoms with E-state index < -0.39 is 15.9 Å². The molecule has 166 valence electrons. The maximum atomic E-state index is 12.8. The van der Waals surface area contributed by atoms with Crippen molar-refractivity contribution in [2.45, 2.75) is 11.8 Å². The number of nitrogens with two attached hydrogens (primary N) is 1. The van der Waals surface area contributed by atoms with Crippen molar-refractivity contribution in [1.82, 2.24) is 9.21 Å². The quantitative estimate of drug-likeness (QED) is 0.656. The average molecular weight is 447 g/mol. The van der Waals surface area contributed by atoms with Gasteiger partial charge < -0.3 is 15.8 Å². The van der Waals surface area contributed by atoms with E-state index in [0.717, 1.165) is 5.56 Å². The number of piperazine rings is 1. The first-order chi connectivity index (χ1) is 14.7. The van der Waals surface area contributed by atoms with E-state index in [1.54, 1.807) is 30.3 Å². The number of sulfonamides is 1.